The molecule has 0 aliphatic carbocycles. The normalized spacial score (nSPS) is 19.1. The summed E-state index contributed by atoms with van der Waals surface area (Å²) in [5.41, 5.74) is 0.291. The van der Waals surface area contributed by atoms with Crippen LogP contribution < -0.4 is 0 Å². The standard InChI is InChI=1S/C23H30F7N3O/c1-5-7-18(24)14-20(34-16-22(25,26)27)11-10-17(2)15-33(32(3)4)19-8-6-9-21(23(28,29)30)31-13-12-19/h8-9,11,13-14H,2,5-7,10,12,15-16H2,1,3-4H3/b18-14+,19-8+,20-11+,21-9-,31-13?. The van der Waals surface area contributed by atoms with Crippen molar-refractivity contribution in [2.75, 3.05) is 27.2 Å². The van der Waals surface area contributed by atoms with Gasteiger partial charge in [-0.2, -0.15) is 26.3 Å². The Morgan fingerprint density at radius 3 is 2.41 bits per heavy atom. The molecule has 0 radical (unpaired) electrons. The lowest BCUT2D eigenvalue weighted by molar-refractivity contribution is -0.163. The van der Waals surface area contributed by atoms with Gasteiger partial charge in [0.25, 0.3) is 0 Å². The number of rotatable bonds is 11. The van der Waals surface area contributed by atoms with Crippen LogP contribution in [-0.2, 0) is 4.74 Å². The first-order valence-electron chi connectivity index (χ1n) is 10.6. The average Bonchev–Trinajstić information content (AvgIpc) is 2.67. The van der Waals surface area contributed by atoms with Crippen molar-refractivity contribution in [3.63, 3.8) is 0 Å². The number of halogens is 7. The summed E-state index contributed by atoms with van der Waals surface area (Å²) < 4.78 is 94.8. The molecule has 0 unspecified atom stereocenters. The molecule has 192 valence electrons. The van der Waals surface area contributed by atoms with Crippen LogP contribution in [0.3, 0.4) is 0 Å². The molecule has 1 aliphatic heterocycles. The lowest BCUT2D eigenvalue weighted by Crippen LogP contribution is -2.37. The Morgan fingerprint density at radius 2 is 1.85 bits per heavy atom. The van der Waals surface area contributed by atoms with Crippen LogP contribution in [0.4, 0.5) is 30.7 Å². The Hall–Kier alpha value is -2.56. The van der Waals surface area contributed by atoms with Gasteiger partial charge in [-0.05, 0) is 37.8 Å². The predicted octanol–water partition coefficient (Wildman–Crippen LogP) is 7.02. The zero-order chi connectivity index (χ0) is 25.9. The van der Waals surface area contributed by atoms with Crippen LogP contribution in [0, 0.1) is 0 Å². The van der Waals surface area contributed by atoms with Crippen molar-refractivity contribution >= 4 is 6.21 Å². The highest BCUT2D eigenvalue weighted by Crippen LogP contribution is 2.28. The molecular formula is C23H30F7N3O. The van der Waals surface area contributed by atoms with Gasteiger partial charge in [0, 0.05) is 38.5 Å². The topological polar surface area (TPSA) is 28.1 Å². The summed E-state index contributed by atoms with van der Waals surface area (Å²) >= 11 is 0. The van der Waals surface area contributed by atoms with E-state index in [2.05, 4.69) is 11.6 Å². The van der Waals surface area contributed by atoms with Gasteiger partial charge < -0.3 is 9.75 Å². The first kappa shape index (κ1) is 29.5. The summed E-state index contributed by atoms with van der Waals surface area (Å²) in [5, 5.41) is 3.48. The zero-order valence-corrected chi connectivity index (χ0v) is 19.4. The van der Waals surface area contributed by atoms with Crippen molar-refractivity contribution in [3.8, 4) is 0 Å². The molecule has 34 heavy (non-hydrogen) atoms. The second-order valence-corrected chi connectivity index (χ2v) is 7.74. The van der Waals surface area contributed by atoms with E-state index in [0.29, 0.717) is 17.7 Å². The highest BCUT2D eigenvalue weighted by Gasteiger charge is 2.33. The Balaban J connectivity index is 2.95. The zero-order valence-electron chi connectivity index (χ0n) is 19.4. The number of hydrogen-bond donors (Lipinski definition) is 0. The van der Waals surface area contributed by atoms with E-state index >= 15 is 0 Å². The monoisotopic (exact) mass is 497 g/mol. The van der Waals surface area contributed by atoms with E-state index in [1.54, 1.807) is 37.1 Å². The van der Waals surface area contributed by atoms with E-state index in [9.17, 15) is 30.7 Å². The van der Waals surface area contributed by atoms with Crippen molar-refractivity contribution in [2.45, 2.75) is 51.4 Å². The summed E-state index contributed by atoms with van der Waals surface area (Å²) in [5.74, 6) is -0.843. The second kappa shape index (κ2) is 13.4. The molecule has 11 heteroatoms. The van der Waals surface area contributed by atoms with Crippen molar-refractivity contribution < 1.29 is 35.5 Å². The molecule has 0 aromatic rings. The molecule has 0 N–H and O–H groups in total. The molecule has 0 aromatic carbocycles. The first-order valence-corrected chi connectivity index (χ1v) is 10.6. The van der Waals surface area contributed by atoms with Crippen molar-refractivity contribution in [1.29, 1.82) is 0 Å². The van der Waals surface area contributed by atoms with Crippen LogP contribution in [0.5, 0.6) is 0 Å². The highest BCUT2D eigenvalue weighted by atomic mass is 19.4. The summed E-state index contributed by atoms with van der Waals surface area (Å²) in [6.07, 6.45) is -2.22. The van der Waals surface area contributed by atoms with Crippen LogP contribution >= 0.6 is 0 Å². The number of ether oxygens (including phenoxy) is 1. The summed E-state index contributed by atoms with van der Waals surface area (Å²) in [6, 6.07) is 0. The van der Waals surface area contributed by atoms with E-state index in [0.717, 1.165) is 12.2 Å². The maximum Gasteiger partial charge on any atom is 0.433 e. The number of alkyl halides is 6. The summed E-state index contributed by atoms with van der Waals surface area (Å²) in [7, 11) is 3.47. The van der Waals surface area contributed by atoms with Crippen molar-refractivity contribution in [3.05, 3.63) is 59.4 Å². The maximum absolute atomic E-state index is 13.9. The van der Waals surface area contributed by atoms with E-state index < -0.39 is 30.5 Å². The smallest absolute Gasteiger partial charge is 0.433 e. The predicted molar refractivity (Wildman–Crippen MR) is 118 cm³/mol. The van der Waals surface area contributed by atoms with Gasteiger partial charge in [0.15, 0.2) is 6.61 Å². The Morgan fingerprint density at radius 1 is 1.18 bits per heavy atom. The van der Waals surface area contributed by atoms with Gasteiger partial charge in [-0.1, -0.05) is 25.2 Å². The Labute approximate surface area is 195 Å². The minimum atomic E-state index is -4.57. The molecule has 0 saturated heterocycles. The molecule has 0 saturated carbocycles. The Bertz CT molecular complexity index is 834. The van der Waals surface area contributed by atoms with Gasteiger partial charge in [0.1, 0.15) is 17.3 Å². The largest absolute Gasteiger partial charge is 0.484 e. The quantitative estimate of drug-likeness (QED) is 0.101. The summed E-state index contributed by atoms with van der Waals surface area (Å²) in [6.45, 7) is 4.34. The molecule has 0 amide bonds. The molecular weight excluding hydrogens is 467 g/mol. The number of allylic oxidation sites excluding steroid dienone is 7. The maximum atomic E-state index is 13.9. The molecule has 0 bridgehead atoms. The fourth-order valence-corrected chi connectivity index (χ4v) is 2.89. The number of hydrazine groups is 1. The lowest BCUT2D eigenvalue weighted by atomic mass is 10.1. The number of aliphatic imine (C=N–C) groups is 1. The van der Waals surface area contributed by atoms with Gasteiger partial charge >= 0.3 is 12.4 Å². The van der Waals surface area contributed by atoms with E-state index in [-0.39, 0.29) is 38.0 Å². The SMILES string of the molecule is C=C(C/C=C(\C=C(\F)CCC)OCC(F)(F)F)CN(/C1=C/C/C=C(/C(F)(F)F)N=CC1)N(C)C. The molecule has 0 spiro atoms. The molecule has 4 nitrogen and oxygen atoms in total. The van der Waals surface area contributed by atoms with Gasteiger partial charge in [-0.15, -0.1) is 0 Å². The van der Waals surface area contributed by atoms with Crippen molar-refractivity contribution in [1.82, 2.24) is 10.0 Å². The first-order chi connectivity index (χ1) is 15.7. The van der Waals surface area contributed by atoms with Crippen LogP contribution in [0.25, 0.3) is 0 Å². The summed E-state index contributed by atoms with van der Waals surface area (Å²) in [4.78, 5) is 3.51. The Kier molecular flexibility index (Phi) is 11.6. The average molecular weight is 497 g/mol. The van der Waals surface area contributed by atoms with E-state index in [4.69, 9.17) is 4.74 Å². The van der Waals surface area contributed by atoms with E-state index in [1.807, 2.05) is 0 Å². The third-order valence-corrected chi connectivity index (χ3v) is 4.46. The van der Waals surface area contributed by atoms with Crippen LogP contribution in [0.2, 0.25) is 0 Å². The van der Waals surface area contributed by atoms with E-state index in [1.165, 1.54) is 12.3 Å². The molecule has 1 aliphatic rings. The second-order valence-electron chi connectivity index (χ2n) is 7.74. The lowest BCUT2D eigenvalue weighted by Gasteiger charge is -2.34. The number of nitrogens with zero attached hydrogens (tertiary/aromatic N) is 3. The fraction of sp³-hybridized carbons (Fsp3) is 0.522. The molecule has 0 fully saturated rings. The third kappa shape index (κ3) is 11.5. The molecule has 1 heterocycles. The minimum Gasteiger partial charge on any atom is -0.484 e. The van der Waals surface area contributed by atoms with Gasteiger partial charge in [0.05, 0.1) is 6.54 Å². The molecule has 1 rings (SSSR count). The molecule has 0 aromatic heterocycles. The molecule has 0 atom stereocenters. The fourth-order valence-electron chi connectivity index (χ4n) is 2.89. The van der Waals surface area contributed by atoms with Crippen LogP contribution in [0.15, 0.2) is 64.4 Å². The van der Waals surface area contributed by atoms with Crippen LogP contribution in [-0.4, -0.2) is 55.8 Å². The van der Waals surface area contributed by atoms with Crippen LogP contribution in [0.1, 0.15) is 39.0 Å². The van der Waals surface area contributed by atoms with Crippen molar-refractivity contribution in [2.24, 2.45) is 4.99 Å². The minimum absolute atomic E-state index is 0.0230. The third-order valence-electron chi connectivity index (χ3n) is 4.46. The van der Waals surface area contributed by atoms with Gasteiger partial charge in [0.2, 0.25) is 0 Å². The van der Waals surface area contributed by atoms with Gasteiger partial charge in [-0.3, -0.25) is 4.99 Å². The van der Waals surface area contributed by atoms with Gasteiger partial charge in [-0.25, -0.2) is 9.40 Å². The number of hydrogen-bond acceptors (Lipinski definition) is 4. The highest BCUT2D eigenvalue weighted by molar-refractivity contribution is 5.63.